The summed E-state index contributed by atoms with van der Waals surface area (Å²) < 4.78 is 95.9. The highest BCUT2D eigenvalue weighted by atomic mass is 32.2. The molecule has 38 heteroatoms. The van der Waals surface area contributed by atoms with Gasteiger partial charge in [-0.05, 0) is 173 Å². The van der Waals surface area contributed by atoms with Gasteiger partial charge in [-0.2, -0.15) is 10.4 Å². The lowest BCUT2D eigenvalue weighted by atomic mass is 9.88. The monoisotopic (exact) mass is 1840 g/mol. The Morgan fingerprint density at radius 1 is 0.386 bits per heavy atom. The minimum atomic E-state index is -3.58. The summed E-state index contributed by atoms with van der Waals surface area (Å²) in [7, 11) is -0.442. The van der Waals surface area contributed by atoms with Crippen molar-refractivity contribution in [3.8, 4) is 69.0 Å². The molecule has 4 fully saturated rings. The van der Waals surface area contributed by atoms with Crippen LogP contribution in [0.2, 0.25) is 0 Å². The van der Waals surface area contributed by atoms with Gasteiger partial charge >= 0.3 is 0 Å². The highest BCUT2D eigenvalue weighted by Crippen LogP contribution is 2.45. The quantitative estimate of drug-likeness (QED) is 0.0489. The number of nitrogens with one attached hydrogen (secondary N) is 4. The number of hydrogen-bond acceptors (Lipinski definition) is 32. The van der Waals surface area contributed by atoms with Crippen LogP contribution in [-0.4, -0.2) is 304 Å². The third kappa shape index (κ3) is 24.2. The van der Waals surface area contributed by atoms with Gasteiger partial charge in [0, 0.05) is 128 Å². The van der Waals surface area contributed by atoms with Crippen molar-refractivity contribution in [1.82, 2.24) is 89.9 Å². The highest BCUT2D eigenvalue weighted by molar-refractivity contribution is 7.89. The summed E-state index contributed by atoms with van der Waals surface area (Å²) in [5, 5.41) is 28.8. The third-order valence-corrected chi connectivity index (χ3v) is 25.2. The van der Waals surface area contributed by atoms with Crippen LogP contribution >= 0.6 is 0 Å². The van der Waals surface area contributed by atoms with Crippen LogP contribution in [0.3, 0.4) is 0 Å². The molecule has 18 rings (SSSR count). The number of amidine groups is 4. The van der Waals surface area contributed by atoms with Crippen molar-refractivity contribution in [1.29, 1.82) is 0 Å². The lowest BCUT2D eigenvalue weighted by Crippen LogP contribution is -2.50. The molecule has 8 aliphatic heterocycles. The number of hydrogen-bond donors (Lipinski definition) is 4. The van der Waals surface area contributed by atoms with E-state index in [0.717, 1.165) is 294 Å². The van der Waals surface area contributed by atoms with E-state index >= 15 is 0 Å². The molecule has 0 radical (unpaired) electrons. The number of rotatable bonds is 22. The first-order chi connectivity index (χ1) is 63.7. The van der Waals surface area contributed by atoms with Gasteiger partial charge in [0.15, 0.2) is 34.6 Å². The van der Waals surface area contributed by atoms with Crippen molar-refractivity contribution in [2.24, 2.45) is 25.4 Å². The summed E-state index contributed by atoms with van der Waals surface area (Å²) in [5.74, 6) is 13.2. The molecule has 2 aromatic heterocycles. The molecule has 2 amide bonds. The number of H-pyrrole nitrogens is 2. The summed E-state index contributed by atoms with van der Waals surface area (Å²) in [4.78, 5) is 62.8. The van der Waals surface area contributed by atoms with Gasteiger partial charge < -0.3 is 57.5 Å². The lowest BCUT2D eigenvalue weighted by Gasteiger charge is -2.37. The molecule has 0 bridgehead atoms. The molecule has 4 N–H and O–H groups in total. The summed E-state index contributed by atoms with van der Waals surface area (Å²) >= 11 is 0. The van der Waals surface area contributed by atoms with Crippen molar-refractivity contribution in [3.63, 3.8) is 0 Å². The van der Waals surface area contributed by atoms with Crippen LogP contribution in [0.15, 0.2) is 190 Å². The molecule has 0 atom stereocenters. The number of para-hydroxylation sites is 8. The van der Waals surface area contributed by atoms with Crippen LogP contribution in [0.5, 0.6) is 69.0 Å². The number of carbonyl (C=O) groups excluding carboxylic acids is 2. The predicted octanol–water partition coefficient (Wildman–Crippen LogP) is 11.4. The van der Waals surface area contributed by atoms with Crippen molar-refractivity contribution in [2.45, 2.75) is 71.6 Å². The Balaban J connectivity index is 0.000000135. The van der Waals surface area contributed by atoms with E-state index in [1.54, 1.807) is 42.3 Å². The van der Waals surface area contributed by atoms with Crippen LogP contribution in [0.4, 0.5) is 22.7 Å². The number of benzene rings is 8. The lowest BCUT2D eigenvalue weighted by molar-refractivity contribution is -0.128. The average Bonchev–Trinajstić information content (AvgIpc) is 1.10. The molecule has 10 heterocycles. The number of aromatic nitrogens is 8. The van der Waals surface area contributed by atoms with Gasteiger partial charge in [-0.15, -0.1) is 20.4 Å². The SMILES string of the molecule is COc1ccc2c(c1)C(N1CCN(CCC(C)(C)C(=O)NS(C)(=O)=O)CC1)=Nc1ccccc1O2.COc1ccc2c(c1)C(N1CCN(CCC(C)(C)c3nn[nH]n3)CC1)=Nc1ccccc1O2.COc1ccc2c(c1)C(N1CCN(CCCC(=O)NS(C)(=O)=O)CC1)=Nc1ccccc1O2.COc1ccc2c(c1)C(N1CCN(CCCc3nn[nH]n3)CC1)=Nc1ccccc1O2. The molecule has 8 aliphatic rings. The first-order valence-electron chi connectivity index (χ1n) is 44.3. The number of amides is 2. The van der Waals surface area contributed by atoms with Gasteiger partial charge in [0.1, 0.15) is 92.1 Å². The first-order valence-corrected chi connectivity index (χ1v) is 48.0. The van der Waals surface area contributed by atoms with Crippen molar-refractivity contribution in [3.05, 3.63) is 204 Å². The second-order valence-electron chi connectivity index (χ2n) is 34.3. The molecule has 0 unspecified atom stereocenters. The van der Waals surface area contributed by atoms with Crippen LogP contribution in [0.25, 0.3) is 0 Å². The standard InChI is InChI=1S/C25H32N4O5S.C24H29N7O2.C23H28N4O5S.C22H25N7O2/c1-25(2,24(30)27-35(4,31)32)11-12-28-13-15-29(16-14-28)23-19-17-18(33-3)9-10-21(19)34-22-8-6-5-7-20(22)26-23;1-24(2,23-26-28-29-27-23)10-11-30-12-14-31(15-13-30)22-18-16-17(32-3)8-9-20(18)33-21-7-5-4-6-19(21)25-22;1-31-17-9-10-20-18(16-17)23(24-19-6-3-4-7-21(19)32-20)27-14-12-26(13-15-27)11-5-8-22(28)25-33(2,29)30;1-30-16-8-9-19-17(15-16)22(23-18-5-2-3-6-20(18)31-19)29-13-11-28(12-14-29)10-4-7-21-24-26-27-25-21/h5-10,17H,11-16H2,1-4H3,(H,27,30);4-9,16H,10-15H2,1-3H3,(H,26,27,28,29);3-4,6-7,9-10,16H,5,8,11-15H2,1-2H3,(H,25,28);2-3,5-6,8-9,15H,4,7,10-14H2,1H3,(H,24,25,26,27). The van der Waals surface area contributed by atoms with Crippen LogP contribution < -0.4 is 47.3 Å². The van der Waals surface area contributed by atoms with Gasteiger partial charge in [0.2, 0.25) is 31.9 Å². The number of aromatic amines is 2. The van der Waals surface area contributed by atoms with Crippen molar-refractivity contribution in [2.75, 3.05) is 172 Å². The second kappa shape index (κ2) is 42.4. The average molecular weight is 1840 g/mol. The molecule has 4 saturated heterocycles. The van der Waals surface area contributed by atoms with Gasteiger partial charge in [-0.25, -0.2) is 36.8 Å². The Bertz CT molecular complexity index is 6050. The number of ether oxygens (including phenoxy) is 8. The van der Waals surface area contributed by atoms with Crippen molar-refractivity contribution < 1.29 is 64.3 Å². The molecule has 696 valence electrons. The summed E-state index contributed by atoms with van der Waals surface area (Å²) in [6, 6.07) is 54.5. The Kier molecular flexibility index (Phi) is 30.0. The number of nitrogens with zero attached hydrogens (tertiary/aromatic N) is 18. The zero-order chi connectivity index (χ0) is 92.5. The molecule has 10 aromatic rings. The number of carbonyl (C=O) groups is 2. The minimum absolute atomic E-state index is 0.119. The van der Waals surface area contributed by atoms with E-state index in [1.807, 2.05) is 175 Å². The number of piperazine rings is 4. The maximum atomic E-state index is 12.4. The number of aryl methyl sites for hydroxylation is 1. The Morgan fingerprint density at radius 2 is 0.705 bits per heavy atom. The summed E-state index contributed by atoms with van der Waals surface area (Å²) in [5.41, 5.74) is 6.01. The van der Waals surface area contributed by atoms with E-state index in [4.69, 9.17) is 57.9 Å². The van der Waals surface area contributed by atoms with E-state index < -0.39 is 37.3 Å². The topological polar surface area (TPSA) is 385 Å². The van der Waals surface area contributed by atoms with Crippen LogP contribution in [0, 0.1) is 5.41 Å². The fourth-order valence-corrected chi connectivity index (χ4v) is 17.5. The van der Waals surface area contributed by atoms with E-state index in [0.29, 0.717) is 30.9 Å². The molecule has 0 saturated carbocycles. The molecule has 8 aromatic carbocycles. The molecule has 0 spiro atoms. The predicted molar refractivity (Wildman–Crippen MR) is 503 cm³/mol. The number of methoxy groups -OCH3 is 4. The smallest absolute Gasteiger partial charge is 0.239 e. The van der Waals surface area contributed by atoms with E-state index in [1.165, 1.54) is 0 Å². The minimum Gasteiger partial charge on any atom is -0.497 e. The largest absolute Gasteiger partial charge is 0.497 e. The molecule has 132 heavy (non-hydrogen) atoms. The number of tetrazole rings is 2. The fraction of sp³-hybridized carbons (Fsp3) is 0.404. The van der Waals surface area contributed by atoms with E-state index in [9.17, 15) is 26.4 Å². The highest BCUT2D eigenvalue weighted by Gasteiger charge is 2.36. The van der Waals surface area contributed by atoms with Crippen LogP contribution in [0.1, 0.15) is 93.7 Å². The molecule has 36 nitrogen and oxygen atoms in total. The fourth-order valence-electron chi connectivity index (χ4n) is 16.3. The number of fused-ring (bicyclic) bond motifs is 8. The zero-order valence-corrected chi connectivity index (χ0v) is 77.8. The summed E-state index contributed by atoms with van der Waals surface area (Å²) in [6.45, 7) is 25.0. The van der Waals surface area contributed by atoms with E-state index in [-0.39, 0.29) is 11.8 Å². The van der Waals surface area contributed by atoms with Crippen molar-refractivity contribution >= 4 is 78.0 Å². The molecular formula is C94H114N22O14S2. The number of aliphatic imine (C=N–C) groups is 4. The Labute approximate surface area is 769 Å². The third-order valence-electron chi connectivity index (χ3n) is 24.0. The van der Waals surface area contributed by atoms with Gasteiger partial charge in [-0.1, -0.05) is 86.7 Å². The maximum absolute atomic E-state index is 12.4. The van der Waals surface area contributed by atoms with Gasteiger partial charge in [-0.3, -0.25) is 38.6 Å². The van der Waals surface area contributed by atoms with Crippen LogP contribution in [-0.2, 0) is 41.5 Å². The van der Waals surface area contributed by atoms with E-state index in [2.05, 4.69) is 99.0 Å². The normalized spacial score (nSPS) is 16.2. The summed E-state index contributed by atoms with van der Waals surface area (Å²) in [6.07, 6.45) is 6.13. The Hall–Kier alpha value is -13.1. The zero-order valence-electron chi connectivity index (χ0n) is 76.1. The maximum Gasteiger partial charge on any atom is 0.239 e. The second-order valence-corrected chi connectivity index (χ2v) is 37.8. The van der Waals surface area contributed by atoms with Gasteiger partial charge in [0.05, 0.1) is 63.2 Å². The van der Waals surface area contributed by atoms with Gasteiger partial charge in [0.25, 0.3) is 0 Å². The first kappa shape index (κ1) is 93.5. The number of sulfonamides is 2. The Morgan fingerprint density at radius 3 is 1.02 bits per heavy atom. The molecular weight excluding hydrogens is 1730 g/mol. The molecule has 0 aliphatic carbocycles.